The fourth-order valence-electron chi connectivity index (χ4n) is 0.367. The van der Waals surface area contributed by atoms with Gasteiger partial charge in [-0.2, -0.15) is 5.21 Å². The number of hydrogen-bond donors (Lipinski definition) is 1. The number of quaternary nitrogens is 1. The zero-order chi connectivity index (χ0) is 7.49. The van der Waals surface area contributed by atoms with Crippen molar-refractivity contribution in [2.24, 2.45) is 5.10 Å². The summed E-state index contributed by atoms with van der Waals surface area (Å²) in [5, 5.41) is 13.2. The summed E-state index contributed by atoms with van der Waals surface area (Å²) in [6.07, 6.45) is 1.60. The molecule has 0 amide bonds. The zero-order valence-corrected chi connectivity index (χ0v) is 6.50. The van der Waals surface area contributed by atoms with E-state index < -0.39 is 0 Å². The lowest BCUT2D eigenvalue weighted by Crippen LogP contribution is -2.40. The highest BCUT2D eigenvalue weighted by Crippen LogP contribution is 2.03. The monoisotopic (exact) mass is 131 g/mol. The van der Waals surface area contributed by atoms with Crippen LogP contribution >= 0.6 is 0 Å². The first-order valence-corrected chi connectivity index (χ1v) is 3.10. The lowest BCUT2D eigenvalue weighted by Gasteiger charge is -2.21. The van der Waals surface area contributed by atoms with Crippen LogP contribution in [0.25, 0.3) is 0 Å². The zero-order valence-electron chi connectivity index (χ0n) is 6.50. The molecule has 3 nitrogen and oxygen atoms in total. The van der Waals surface area contributed by atoms with Crippen molar-refractivity contribution in [3.63, 3.8) is 0 Å². The third kappa shape index (κ3) is 2.58. The molecule has 54 valence electrons. The van der Waals surface area contributed by atoms with E-state index in [4.69, 9.17) is 0 Å². The molecule has 1 unspecified atom stereocenters. The molecule has 3 heteroatoms. The van der Waals surface area contributed by atoms with E-state index >= 15 is 0 Å². The third-order valence-corrected chi connectivity index (χ3v) is 1.33. The smallest absolute Gasteiger partial charge is 0.140 e. The van der Waals surface area contributed by atoms with Gasteiger partial charge >= 0.3 is 0 Å². The summed E-state index contributed by atoms with van der Waals surface area (Å²) < 4.78 is -0.281. The van der Waals surface area contributed by atoms with Crippen LogP contribution in [0.3, 0.4) is 0 Å². The van der Waals surface area contributed by atoms with E-state index in [-0.39, 0.29) is 10.8 Å². The van der Waals surface area contributed by atoms with Crippen molar-refractivity contribution in [2.45, 2.75) is 26.8 Å². The second-order valence-electron chi connectivity index (χ2n) is 2.45. The fraction of sp³-hybridized carbons (Fsp3) is 0.833. The van der Waals surface area contributed by atoms with Crippen LogP contribution in [0.5, 0.6) is 0 Å². The summed E-state index contributed by atoms with van der Waals surface area (Å²) in [7, 11) is 1.64. The Hall–Kier alpha value is -0.410. The van der Waals surface area contributed by atoms with E-state index in [9.17, 15) is 5.21 Å². The molecule has 1 N–H and O–H groups in total. The van der Waals surface area contributed by atoms with Crippen molar-refractivity contribution in [2.75, 3.05) is 7.05 Å². The van der Waals surface area contributed by atoms with Crippen molar-refractivity contribution < 1.29 is 9.96 Å². The standard InChI is InChI=1S/C6H15N2O/c1-5-7-8(4,9)6(2)3/h5-6,9H,1-4H3/q+1/b7-5+. The third-order valence-electron chi connectivity index (χ3n) is 1.33. The van der Waals surface area contributed by atoms with Gasteiger partial charge in [0.1, 0.15) is 13.1 Å². The molecule has 0 fully saturated rings. The van der Waals surface area contributed by atoms with Crippen LogP contribution in [-0.2, 0) is 0 Å². The normalized spacial score (nSPS) is 18.9. The van der Waals surface area contributed by atoms with E-state index in [1.165, 1.54) is 0 Å². The molecule has 1 atom stereocenters. The molecule has 0 aliphatic heterocycles. The molecule has 0 heterocycles. The van der Waals surface area contributed by atoms with Gasteiger partial charge in [0.2, 0.25) is 0 Å². The average Bonchev–Trinajstić information content (AvgIpc) is 1.65. The maximum absolute atomic E-state index is 9.33. The highest BCUT2D eigenvalue weighted by atomic mass is 16.6. The van der Waals surface area contributed by atoms with Crippen LogP contribution in [0.4, 0.5) is 0 Å². The summed E-state index contributed by atoms with van der Waals surface area (Å²) in [6, 6.07) is 0.112. The van der Waals surface area contributed by atoms with Crippen molar-refractivity contribution in [1.29, 1.82) is 0 Å². The minimum atomic E-state index is -0.281. The van der Waals surface area contributed by atoms with Crippen molar-refractivity contribution >= 4 is 6.21 Å². The van der Waals surface area contributed by atoms with Crippen LogP contribution in [0, 0.1) is 0 Å². The molecule has 0 aliphatic rings. The van der Waals surface area contributed by atoms with Gasteiger partial charge in [0.15, 0.2) is 0 Å². The van der Waals surface area contributed by atoms with Gasteiger partial charge in [-0.25, -0.2) is 0 Å². The van der Waals surface area contributed by atoms with Gasteiger partial charge in [0.05, 0.1) is 6.21 Å². The Bertz CT molecular complexity index is 108. The quantitative estimate of drug-likeness (QED) is 0.341. The van der Waals surface area contributed by atoms with Gasteiger partial charge in [-0.15, -0.1) is 0 Å². The first-order valence-electron chi connectivity index (χ1n) is 3.10. The molecule has 0 saturated carbocycles. The van der Waals surface area contributed by atoms with Gasteiger partial charge in [0.25, 0.3) is 0 Å². The van der Waals surface area contributed by atoms with Crippen LogP contribution in [-0.4, -0.2) is 29.3 Å². The molecule has 0 aliphatic carbocycles. The van der Waals surface area contributed by atoms with E-state index in [0.29, 0.717) is 0 Å². The molecule has 0 aromatic rings. The Morgan fingerprint density at radius 2 is 2.00 bits per heavy atom. The fourth-order valence-corrected chi connectivity index (χ4v) is 0.367. The number of hydroxylamine groups is 2. The van der Waals surface area contributed by atoms with E-state index in [2.05, 4.69) is 5.10 Å². The first-order chi connectivity index (χ1) is 4.00. The highest BCUT2D eigenvalue weighted by Gasteiger charge is 2.21. The van der Waals surface area contributed by atoms with Crippen LogP contribution in [0.15, 0.2) is 5.10 Å². The average molecular weight is 131 g/mol. The van der Waals surface area contributed by atoms with Crippen LogP contribution in [0.2, 0.25) is 0 Å². The Morgan fingerprint density at radius 3 is 2.11 bits per heavy atom. The largest absolute Gasteiger partial charge is 0.189 e. The number of hydrogen-bond acceptors (Lipinski definition) is 2. The molecule has 0 radical (unpaired) electrons. The number of rotatable bonds is 2. The summed E-state index contributed by atoms with van der Waals surface area (Å²) in [6.45, 7) is 5.61. The van der Waals surface area contributed by atoms with E-state index in [1.54, 1.807) is 20.2 Å². The van der Waals surface area contributed by atoms with Crippen molar-refractivity contribution in [1.82, 2.24) is 0 Å². The SMILES string of the molecule is C/C=N/[N+](C)(O)C(C)C. The summed E-state index contributed by atoms with van der Waals surface area (Å²) in [5.74, 6) is 0. The van der Waals surface area contributed by atoms with Crippen LogP contribution < -0.4 is 0 Å². The molecule has 0 bridgehead atoms. The molecule has 0 spiro atoms. The van der Waals surface area contributed by atoms with E-state index in [0.717, 1.165) is 0 Å². The summed E-state index contributed by atoms with van der Waals surface area (Å²) in [5.41, 5.74) is 0. The molecule has 0 aromatic heterocycles. The maximum Gasteiger partial charge on any atom is 0.140 e. The predicted octanol–water partition coefficient (Wildman–Crippen LogP) is 1.24. The molecule has 0 aromatic carbocycles. The molecule has 0 saturated heterocycles. The van der Waals surface area contributed by atoms with Crippen LogP contribution in [0.1, 0.15) is 20.8 Å². The Kier molecular flexibility index (Phi) is 2.81. The number of nitrogens with zero attached hydrogens (tertiary/aromatic N) is 2. The van der Waals surface area contributed by atoms with Gasteiger partial charge in [-0.3, -0.25) is 0 Å². The van der Waals surface area contributed by atoms with Gasteiger partial charge in [-0.1, -0.05) is 9.86 Å². The molecular formula is C6H15N2O+. The molecule has 0 rings (SSSR count). The maximum atomic E-state index is 9.33. The highest BCUT2D eigenvalue weighted by molar-refractivity contribution is 5.52. The van der Waals surface area contributed by atoms with Crippen molar-refractivity contribution in [3.8, 4) is 0 Å². The van der Waals surface area contributed by atoms with Gasteiger partial charge < -0.3 is 0 Å². The Balaban J connectivity index is 4.01. The minimum absolute atomic E-state index is 0.112. The second kappa shape index (κ2) is 2.94. The lowest BCUT2D eigenvalue weighted by atomic mass is 10.4. The molecular weight excluding hydrogens is 116 g/mol. The lowest BCUT2D eigenvalue weighted by molar-refractivity contribution is -1.11. The molecule has 9 heavy (non-hydrogen) atoms. The van der Waals surface area contributed by atoms with Crippen molar-refractivity contribution in [3.05, 3.63) is 0 Å². The summed E-state index contributed by atoms with van der Waals surface area (Å²) >= 11 is 0. The minimum Gasteiger partial charge on any atom is -0.189 e. The van der Waals surface area contributed by atoms with E-state index in [1.807, 2.05) is 13.8 Å². The Labute approximate surface area is 56.1 Å². The predicted molar refractivity (Wildman–Crippen MR) is 37.3 cm³/mol. The van der Waals surface area contributed by atoms with Gasteiger partial charge in [0, 0.05) is 0 Å². The first kappa shape index (κ1) is 8.59. The topological polar surface area (TPSA) is 32.6 Å². The summed E-state index contributed by atoms with van der Waals surface area (Å²) in [4.78, 5) is 0. The Morgan fingerprint density at radius 1 is 1.56 bits per heavy atom. The second-order valence-corrected chi connectivity index (χ2v) is 2.45. The van der Waals surface area contributed by atoms with Gasteiger partial charge in [-0.05, 0) is 20.8 Å².